The summed E-state index contributed by atoms with van der Waals surface area (Å²) in [6.45, 7) is 7.10. The fraction of sp³-hybridized carbons (Fsp3) is 0.824. The molecule has 0 radical (unpaired) electrons. The van der Waals surface area contributed by atoms with Gasteiger partial charge in [-0.1, -0.05) is 65.7 Å². The molecule has 0 amide bonds. The molecule has 0 aliphatic heterocycles. The minimum absolute atomic E-state index is 0.131. The quantitative estimate of drug-likeness (QED) is 0.0407. The Morgan fingerprint density at radius 3 is 1.54 bits per heavy atom. The lowest BCUT2D eigenvalue weighted by atomic mass is 9.87. The Morgan fingerprint density at radius 2 is 1.10 bits per heavy atom. The Hall–Kier alpha value is -3.34. The van der Waals surface area contributed by atoms with Crippen molar-refractivity contribution in [3.8, 4) is 0 Å². The van der Waals surface area contributed by atoms with Gasteiger partial charge in [0.25, 0.3) is 0 Å². The first-order chi connectivity index (χ1) is 23.3. The van der Waals surface area contributed by atoms with Gasteiger partial charge in [-0.3, -0.25) is 28.8 Å². The molecule has 0 spiro atoms. The topological polar surface area (TPSA) is 289 Å². The van der Waals surface area contributed by atoms with Crippen LogP contribution in [0.15, 0.2) is 0 Å². The fourth-order valence-corrected chi connectivity index (χ4v) is 5.66. The lowest BCUT2D eigenvalue weighted by Crippen LogP contribution is -2.46. The highest BCUT2D eigenvalue weighted by Crippen LogP contribution is 2.29. The van der Waals surface area contributed by atoms with Gasteiger partial charge in [-0.25, -0.2) is 0 Å². The van der Waals surface area contributed by atoms with E-state index in [1.807, 2.05) is 13.8 Å². The Labute approximate surface area is 293 Å². The molecule has 0 aromatic rings. The molecule has 0 saturated heterocycles. The highest BCUT2D eigenvalue weighted by Gasteiger charge is 2.37. The van der Waals surface area contributed by atoms with Crippen LogP contribution in [0.2, 0.25) is 0 Å². The average Bonchev–Trinajstić information content (AvgIpc) is 3.01. The van der Waals surface area contributed by atoms with E-state index in [1.54, 1.807) is 6.92 Å². The SMILES string of the molecule is CCCCC(C)C(OC(=O)CC(CC(=O)O)C(=O)O)C(CC(C)CCCCCCC(O)C(O)C(O)C(C)N)OC(=O)CC(CC(=O)O)C(=O)O. The van der Waals surface area contributed by atoms with Crippen LogP contribution >= 0.6 is 0 Å². The van der Waals surface area contributed by atoms with Gasteiger partial charge in [0.2, 0.25) is 0 Å². The van der Waals surface area contributed by atoms with Gasteiger partial charge in [-0.2, -0.15) is 0 Å². The summed E-state index contributed by atoms with van der Waals surface area (Å²) in [4.78, 5) is 71.6. The number of unbranched alkanes of at least 4 members (excludes halogenated alkanes) is 4. The van der Waals surface area contributed by atoms with Gasteiger partial charge in [-0.05, 0) is 38.0 Å². The molecule has 10 atom stereocenters. The van der Waals surface area contributed by atoms with Crippen LogP contribution in [-0.2, 0) is 38.2 Å². The zero-order chi connectivity index (χ0) is 38.6. The van der Waals surface area contributed by atoms with Gasteiger partial charge in [0.15, 0.2) is 0 Å². The molecule has 0 bridgehead atoms. The number of carboxylic acids is 4. The van der Waals surface area contributed by atoms with E-state index in [1.165, 1.54) is 6.92 Å². The van der Waals surface area contributed by atoms with Crippen LogP contribution in [0, 0.1) is 23.7 Å². The van der Waals surface area contributed by atoms with Crippen molar-refractivity contribution in [2.75, 3.05) is 0 Å². The van der Waals surface area contributed by atoms with Gasteiger partial charge in [0.1, 0.15) is 18.3 Å². The molecule has 0 heterocycles. The number of carboxylic acid groups (broad SMARTS) is 4. The fourth-order valence-electron chi connectivity index (χ4n) is 5.66. The summed E-state index contributed by atoms with van der Waals surface area (Å²) in [7, 11) is 0. The van der Waals surface area contributed by atoms with Crippen molar-refractivity contribution >= 4 is 35.8 Å². The largest absolute Gasteiger partial charge is 0.481 e. The van der Waals surface area contributed by atoms with Crippen molar-refractivity contribution in [1.82, 2.24) is 0 Å². The van der Waals surface area contributed by atoms with Gasteiger partial charge < -0.3 is 51.0 Å². The van der Waals surface area contributed by atoms with E-state index < -0.39 is 116 Å². The maximum absolute atomic E-state index is 13.0. The molecule has 16 nitrogen and oxygen atoms in total. The molecule has 9 N–H and O–H groups in total. The van der Waals surface area contributed by atoms with Gasteiger partial charge in [0.05, 0.1) is 49.7 Å². The highest BCUT2D eigenvalue weighted by molar-refractivity contribution is 5.83. The smallest absolute Gasteiger partial charge is 0.307 e. The first kappa shape index (κ1) is 46.7. The van der Waals surface area contributed by atoms with E-state index in [4.69, 9.17) is 25.4 Å². The molecule has 290 valence electrons. The van der Waals surface area contributed by atoms with Crippen LogP contribution in [0.1, 0.15) is 118 Å². The monoisotopic (exact) mass is 721 g/mol. The number of nitrogens with two attached hydrogens (primary N) is 1. The van der Waals surface area contributed by atoms with E-state index in [0.717, 1.165) is 12.8 Å². The van der Waals surface area contributed by atoms with Crippen molar-refractivity contribution in [3.63, 3.8) is 0 Å². The van der Waals surface area contributed by atoms with Crippen LogP contribution in [0.4, 0.5) is 0 Å². The Bertz CT molecular complexity index is 1070. The maximum Gasteiger partial charge on any atom is 0.307 e. The zero-order valence-corrected chi connectivity index (χ0v) is 29.6. The van der Waals surface area contributed by atoms with E-state index >= 15 is 0 Å². The number of ether oxygens (including phenoxy) is 2. The molecule has 0 fully saturated rings. The number of rotatable bonds is 29. The van der Waals surface area contributed by atoms with Gasteiger partial charge in [-0.15, -0.1) is 0 Å². The molecule has 50 heavy (non-hydrogen) atoms. The predicted molar refractivity (Wildman–Crippen MR) is 178 cm³/mol. The number of hydrogen-bond acceptors (Lipinski definition) is 12. The Balaban J connectivity index is 5.87. The number of esters is 2. The summed E-state index contributed by atoms with van der Waals surface area (Å²) < 4.78 is 11.5. The second-order valence-corrected chi connectivity index (χ2v) is 13.5. The van der Waals surface area contributed by atoms with Crippen LogP contribution in [0.25, 0.3) is 0 Å². The minimum Gasteiger partial charge on any atom is -0.481 e. The molecule has 0 aromatic heterocycles. The second kappa shape index (κ2) is 24.7. The number of aliphatic carboxylic acids is 4. The van der Waals surface area contributed by atoms with Crippen LogP contribution in [0.5, 0.6) is 0 Å². The molecule has 0 saturated carbocycles. The predicted octanol–water partition coefficient (Wildman–Crippen LogP) is 2.56. The first-order valence-electron chi connectivity index (χ1n) is 17.4. The van der Waals surface area contributed by atoms with E-state index in [-0.39, 0.29) is 18.8 Å². The highest BCUT2D eigenvalue weighted by atomic mass is 16.6. The van der Waals surface area contributed by atoms with Crippen molar-refractivity contribution < 1.29 is 74.0 Å². The number of carbonyl (C=O) groups is 6. The molecule has 0 aliphatic carbocycles. The summed E-state index contributed by atoms with van der Waals surface area (Å²) in [5.41, 5.74) is 5.58. The second-order valence-electron chi connectivity index (χ2n) is 13.5. The van der Waals surface area contributed by atoms with Crippen molar-refractivity contribution in [1.29, 1.82) is 0 Å². The van der Waals surface area contributed by atoms with Gasteiger partial charge in [0, 0.05) is 6.04 Å². The number of carbonyl (C=O) groups excluding carboxylic acids is 2. The van der Waals surface area contributed by atoms with E-state index in [9.17, 15) is 54.3 Å². The van der Waals surface area contributed by atoms with Crippen molar-refractivity contribution in [2.24, 2.45) is 29.4 Å². The lowest BCUT2D eigenvalue weighted by molar-refractivity contribution is -0.177. The third-order valence-electron chi connectivity index (χ3n) is 8.72. The molecule has 0 rings (SSSR count). The molecule has 10 unspecified atom stereocenters. The number of aliphatic hydroxyl groups is 3. The summed E-state index contributed by atoms with van der Waals surface area (Å²) in [5, 5.41) is 67.1. The summed E-state index contributed by atoms with van der Waals surface area (Å²) in [5.74, 6) is -11.5. The molecule has 16 heteroatoms. The molecule has 0 aliphatic rings. The van der Waals surface area contributed by atoms with Crippen LogP contribution < -0.4 is 5.73 Å². The maximum atomic E-state index is 13.0. The van der Waals surface area contributed by atoms with Crippen molar-refractivity contribution in [3.05, 3.63) is 0 Å². The lowest BCUT2D eigenvalue weighted by Gasteiger charge is -2.33. The Kier molecular flexibility index (Phi) is 23.1. The normalized spacial score (nSPS) is 17.5. The summed E-state index contributed by atoms with van der Waals surface area (Å²) in [6.07, 6.45) is -3.29. The zero-order valence-electron chi connectivity index (χ0n) is 29.6. The number of aliphatic hydroxyl groups excluding tert-OH is 3. The molecular formula is C34H59NO15. The van der Waals surface area contributed by atoms with Gasteiger partial charge >= 0.3 is 35.8 Å². The third-order valence-corrected chi connectivity index (χ3v) is 8.72. The average molecular weight is 722 g/mol. The van der Waals surface area contributed by atoms with E-state index in [2.05, 4.69) is 0 Å². The standard InChI is InChI=1S/C34H59NO15/c1-5-6-12-20(3)32(50-29(42)18-23(34(47)48)16-27(39)40)25(49-28(41)17-22(33(45)46)15-26(37)38)14-19(2)11-9-7-8-10-13-24(36)31(44)30(43)21(4)35/h19-25,30-32,36,43-44H,5-18,35H2,1-4H3,(H,37,38)(H,39,40)(H,45,46)(H,47,48). The number of hydrogen-bond donors (Lipinski definition) is 8. The van der Waals surface area contributed by atoms with Crippen LogP contribution in [0.3, 0.4) is 0 Å². The summed E-state index contributed by atoms with van der Waals surface area (Å²) in [6, 6.07) is -0.705. The third kappa shape index (κ3) is 19.7. The first-order valence-corrected chi connectivity index (χ1v) is 17.4. The van der Waals surface area contributed by atoms with Crippen LogP contribution in [-0.4, -0.2) is 108 Å². The summed E-state index contributed by atoms with van der Waals surface area (Å²) >= 11 is 0. The molecule has 0 aromatic carbocycles. The minimum atomic E-state index is -1.56. The van der Waals surface area contributed by atoms with E-state index in [0.29, 0.717) is 38.5 Å². The molecular weight excluding hydrogens is 662 g/mol. The Morgan fingerprint density at radius 1 is 0.620 bits per heavy atom. The van der Waals surface area contributed by atoms with Crippen molar-refractivity contribution in [2.45, 2.75) is 154 Å².